The maximum atomic E-state index is 5.55. The Bertz CT molecular complexity index is 977. The molecule has 0 bridgehead atoms. The molecule has 0 unspecified atom stereocenters. The lowest BCUT2D eigenvalue weighted by molar-refractivity contribution is 0.402. The van der Waals surface area contributed by atoms with Crippen LogP contribution in [0.15, 0.2) is 48.5 Å². The van der Waals surface area contributed by atoms with E-state index in [9.17, 15) is 0 Å². The average Bonchev–Trinajstić information content (AvgIpc) is 2.72. The molecule has 1 aliphatic heterocycles. The molecule has 0 radical (unpaired) electrons. The van der Waals surface area contributed by atoms with Crippen LogP contribution in [0, 0.1) is 0 Å². The third-order valence-electron chi connectivity index (χ3n) is 6.08. The van der Waals surface area contributed by atoms with Crippen LogP contribution in [0.5, 0.6) is 5.75 Å². The van der Waals surface area contributed by atoms with E-state index in [1.54, 1.807) is 7.11 Å². The molecule has 5 heteroatoms. The van der Waals surface area contributed by atoms with Gasteiger partial charge in [-0.2, -0.15) is 0 Å². The summed E-state index contributed by atoms with van der Waals surface area (Å²) in [6.07, 6.45) is 3.74. The SMILES string of the molecule is COc1ccccc1N1CCN(c2nc(C3CCC3)nc3ccccc23)CC1. The van der Waals surface area contributed by atoms with Gasteiger partial charge in [-0.25, -0.2) is 9.97 Å². The molecule has 5 rings (SSSR count). The number of methoxy groups -OCH3 is 1. The first kappa shape index (κ1) is 17.3. The maximum absolute atomic E-state index is 5.55. The van der Waals surface area contributed by atoms with Crippen molar-refractivity contribution in [2.45, 2.75) is 25.2 Å². The molecule has 1 aliphatic carbocycles. The lowest BCUT2D eigenvalue weighted by Crippen LogP contribution is -2.47. The Labute approximate surface area is 166 Å². The van der Waals surface area contributed by atoms with Crippen molar-refractivity contribution in [1.29, 1.82) is 0 Å². The summed E-state index contributed by atoms with van der Waals surface area (Å²) in [4.78, 5) is 14.8. The van der Waals surface area contributed by atoms with E-state index in [1.807, 2.05) is 12.1 Å². The van der Waals surface area contributed by atoms with Crippen molar-refractivity contribution >= 4 is 22.4 Å². The minimum Gasteiger partial charge on any atom is -0.495 e. The number of rotatable bonds is 4. The van der Waals surface area contributed by atoms with Gasteiger partial charge in [0.05, 0.1) is 18.3 Å². The smallest absolute Gasteiger partial charge is 0.142 e. The number of fused-ring (bicyclic) bond motifs is 1. The Morgan fingerprint density at radius 3 is 2.32 bits per heavy atom. The lowest BCUT2D eigenvalue weighted by atomic mass is 9.85. The number of hydrogen-bond acceptors (Lipinski definition) is 5. The summed E-state index contributed by atoms with van der Waals surface area (Å²) in [6.45, 7) is 3.81. The van der Waals surface area contributed by atoms with E-state index in [0.29, 0.717) is 5.92 Å². The molecule has 2 aromatic carbocycles. The number of anilines is 2. The molecule has 1 saturated carbocycles. The third-order valence-corrected chi connectivity index (χ3v) is 6.08. The van der Waals surface area contributed by atoms with Gasteiger partial charge in [0, 0.05) is 37.5 Å². The Kier molecular flexibility index (Phi) is 4.51. The number of hydrogen-bond donors (Lipinski definition) is 0. The first-order valence-electron chi connectivity index (χ1n) is 10.2. The molecule has 5 nitrogen and oxygen atoms in total. The molecular formula is C23H26N4O. The van der Waals surface area contributed by atoms with Crippen molar-refractivity contribution < 1.29 is 4.74 Å². The second kappa shape index (κ2) is 7.30. The van der Waals surface area contributed by atoms with E-state index < -0.39 is 0 Å². The van der Waals surface area contributed by atoms with E-state index in [4.69, 9.17) is 14.7 Å². The monoisotopic (exact) mass is 374 g/mol. The molecule has 28 heavy (non-hydrogen) atoms. The van der Waals surface area contributed by atoms with Gasteiger partial charge in [0.1, 0.15) is 17.4 Å². The quantitative estimate of drug-likeness (QED) is 0.683. The van der Waals surface area contributed by atoms with Crippen molar-refractivity contribution in [2.75, 3.05) is 43.1 Å². The standard InChI is InChI=1S/C23H26N4O/c1-28-21-12-5-4-11-20(21)26-13-15-27(16-14-26)23-18-9-2-3-10-19(18)24-22(25-23)17-7-6-8-17/h2-5,9-12,17H,6-8,13-16H2,1H3. The second-order valence-corrected chi connectivity index (χ2v) is 7.70. The van der Waals surface area contributed by atoms with Crippen LogP contribution in [-0.4, -0.2) is 43.3 Å². The topological polar surface area (TPSA) is 41.5 Å². The number of ether oxygens (including phenoxy) is 1. The zero-order valence-electron chi connectivity index (χ0n) is 16.3. The largest absolute Gasteiger partial charge is 0.495 e. The number of nitrogens with zero attached hydrogens (tertiary/aromatic N) is 4. The van der Waals surface area contributed by atoms with Gasteiger partial charge in [0.25, 0.3) is 0 Å². The average molecular weight is 374 g/mol. The fourth-order valence-corrected chi connectivity index (χ4v) is 4.22. The maximum Gasteiger partial charge on any atom is 0.142 e. The normalized spacial score (nSPS) is 17.6. The van der Waals surface area contributed by atoms with Crippen LogP contribution < -0.4 is 14.5 Å². The number of para-hydroxylation sites is 3. The van der Waals surface area contributed by atoms with Crippen molar-refractivity contribution in [3.63, 3.8) is 0 Å². The molecule has 0 spiro atoms. The van der Waals surface area contributed by atoms with Gasteiger partial charge in [-0.05, 0) is 37.1 Å². The fraction of sp³-hybridized carbons (Fsp3) is 0.391. The van der Waals surface area contributed by atoms with Crippen LogP contribution in [0.1, 0.15) is 31.0 Å². The molecule has 2 heterocycles. The van der Waals surface area contributed by atoms with E-state index in [2.05, 4.69) is 46.2 Å². The lowest BCUT2D eigenvalue weighted by Gasteiger charge is -2.38. The van der Waals surface area contributed by atoms with Crippen LogP contribution in [0.2, 0.25) is 0 Å². The van der Waals surface area contributed by atoms with Gasteiger partial charge in [-0.15, -0.1) is 0 Å². The Hall–Kier alpha value is -2.82. The van der Waals surface area contributed by atoms with Crippen molar-refractivity contribution in [1.82, 2.24) is 9.97 Å². The number of piperazine rings is 1. The summed E-state index contributed by atoms with van der Waals surface area (Å²) >= 11 is 0. The highest BCUT2D eigenvalue weighted by atomic mass is 16.5. The van der Waals surface area contributed by atoms with Crippen LogP contribution in [0.3, 0.4) is 0 Å². The van der Waals surface area contributed by atoms with Crippen molar-refractivity contribution in [3.8, 4) is 5.75 Å². The molecule has 3 aromatic rings. The second-order valence-electron chi connectivity index (χ2n) is 7.70. The third kappa shape index (κ3) is 3.05. The van der Waals surface area contributed by atoms with E-state index in [0.717, 1.165) is 54.5 Å². The summed E-state index contributed by atoms with van der Waals surface area (Å²) in [6, 6.07) is 16.7. The molecule has 0 atom stereocenters. The van der Waals surface area contributed by atoms with Crippen LogP contribution >= 0.6 is 0 Å². The minimum absolute atomic E-state index is 0.540. The number of benzene rings is 2. The molecule has 1 aromatic heterocycles. The zero-order chi connectivity index (χ0) is 18.9. The first-order chi connectivity index (χ1) is 13.8. The highest BCUT2D eigenvalue weighted by Crippen LogP contribution is 2.37. The highest BCUT2D eigenvalue weighted by molar-refractivity contribution is 5.89. The Morgan fingerprint density at radius 2 is 1.57 bits per heavy atom. The summed E-state index contributed by atoms with van der Waals surface area (Å²) in [5, 5.41) is 1.16. The van der Waals surface area contributed by atoms with Crippen molar-refractivity contribution in [3.05, 3.63) is 54.4 Å². The summed E-state index contributed by atoms with van der Waals surface area (Å²) in [5.74, 6) is 3.62. The molecule has 144 valence electrons. The van der Waals surface area contributed by atoms with Gasteiger partial charge in [-0.1, -0.05) is 30.7 Å². The molecule has 2 fully saturated rings. The predicted octanol–water partition coefficient (Wildman–Crippen LogP) is 4.23. The van der Waals surface area contributed by atoms with E-state index in [-0.39, 0.29) is 0 Å². The van der Waals surface area contributed by atoms with Crippen molar-refractivity contribution in [2.24, 2.45) is 0 Å². The van der Waals surface area contributed by atoms with Gasteiger partial charge < -0.3 is 14.5 Å². The molecule has 0 amide bonds. The van der Waals surface area contributed by atoms with E-state index >= 15 is 0 Å². The summed E-state index contributed by atoms with van der Waals surface area (Å²) < 4.78 is 5.55. The fourth-order valence-electron chi connectivity index (χ4n) is 4.22. The van der Waals surface area contributed by atoms with Gasteiger partial charge in [-0.3, -0.25) is 0 Å². The van der Waals surface area contributed by atoms with Crippen LogP contribution in [0.25, 0.3) is 10.9 Å². The predicted molar refractivity (Wildman–Crippen MR) is 114 cm³/mol. The number of aromatic nitrogens is 2. The molecule has 0 N–H and O–H groups in total. The van der Waals surface area contributed by atoms with Gasteiger partial charge >= 0.3 is 0 Å². The summed E-state index contributed by atoms with van der Waals surface area (Å²) in [5.41, 5.74) is 2.24. The van der Waals surface area contributed by atoms with Crippen LogP contribution in [-0.2, 0) is 0 Å². The van der Waals surface area contributed by atoms with E-state index in [1.165, 1.54) is 24.9 Å². The molecule has 2 aliphatic rings. The zero-order valence-corrected chi connectivity index (χ0v) is 16.3. The van der Waals surface area contributed by atoms with Crippen LogP contribution in [0.4, 0.5) is 11.5 Å². The Balaban J connectivity index is 1.42. The van der Waals surface area contributed by atoms with Gasteiger partial charge in [0.2, 0.25) is 0 Å². The molecular weight excluding hydrogens is 348 g/mol. The summed E-state index contributed by atoms with van der Waals surface area (Å²) in [7, 11) is 1.74. The molecule has 1 saturated heterocycles. The highest BCUT2D eigenvalue weighted by Gasteiger charge is 2.26. The first-order valence-corrected chi connectivity index (χ1v) is 10.2. The van der Waals surface area contributed by atoms with Gasteiger partial charge in [0.15, 0.2) is 0 Å². The minimum atomic E-state index is 0.540. The Morgan fingerprint density at radius 1 is 0.857 bits per heavy atom.